The van der Waals surface area contributed by atoms with Crippen molar-refractivity contribution >= 4 is 29.3 Å². The Balaban J connectivity index is 1.72. The van der Waals surface area contributed by atoms with E-state index in [0.717, 1.165) is 11.3 Å². The van der Waals surface area contributed by atoms with Gasteiger partial charge in [-0.05, 0) is 49.1 Å². The minimum absolute atomic E-state index is 0.250. The van der Waals surface area contributed by atoms with Crippen LogP contribution in [0.3, 0.4) is 0 Å². The van der Waals surface area contributed by atoms with Crippen LogP contribution in [-0.4, -0.2) is 27.2 Å². The van der Waals surface area contributed by atoms with Crippen molar-refractivity contribution in [1.29, 1.82) is 0 Å². The van der Waals surface area contributed by atoms with Crippen LogP contribution in [-0.2, 0) is 6.54 Å². The zero-order chi connectivity index (χ0) is 17.8. The monoisotopic (exact) mass is 372 g/mol. The molecule has 0 bridgehead atoms. The molecule has 2 aromatic carbocycles. The van der Waals surface area contributed by atoms with E-state index in [1.54, 1.807) is 28.6 Å². The zero-order valence-electron chi connectivity index (χ0n) is 13.9. The highest BCUT2D eigenvalue weighted by Crippen LogP contribution is 2.17. The summed E-state index contributed by atoms with van der Waals surface area (Å²) in [6.07, 6.45) is 2.03. The first-order valence-corrected chi connectivity index (χ1v) is 9.28. The van der Waals surface area contributed by atoms with Crippen LogP contribution in [0.25, 0.3) is 5.69 Å². The molecule has 3 rings (SSSR count). The van der Waals surface area contributed by atoms with Crippen LogP contribution in [0, 0.1) is 6.92 Å². The quantitative estimate of drug-likeness (QED) is 0.690. The largest absolute Gasteiger partial charge is 0.347 e. The molecule has 128 valence electrons. The van der Waals surface area contributed by atoms with Gasteiger partial charge in [0.05, 0.1) is 11.4 Å². The van der Waals surface area contributed by atoms with Gasteiger partial charge in [-0.2, -0.15) is 0 Å². The molecule has 0 saturated carbocycles. The molecule has 1 heterocycles. The zero-order valence-corrected chi connectivity index (χ0v) is 15.4. The second-order valence-electron chi connectivity index (χ2n) is 5.45. The number of hydrogen-bond acceptors (Lipinski definition) is 4. The molecule has 0 atom stereocenters. The highest BCUT2D eigenvalue weighted by Gasteiger charge is 2.17. The van der Waals surface area contributed by atoms with Crippen LogP contribution in [0.15, 0.2) is 53.4 Å². The summed E-state index contributed by atoms with van der Waals surface area (Å²) >= 11 is 7.70. The summed E-state index contributed by atoms with van der Waals surface area (Å²) in [5.74, 6) is -0.250. The lowest BCUT2D eigenvalue weighted by atomic mass is 10.2. The van der Waals surface area contributed by atoms with Crippen molar-refractivity contribution in [2.75, 3.05) is 6.26 Å². The minimum atomic E-state index is -0.250. The molecule has 5 nitrogen and oxygen atoms in total. The molecule has 0 radical (unpaired) electrons. The van der Waals surface area contributed by atoms with E-state index < -0.39 is 0 Å². The average Bonchev–Trinajstić information content (AvgIpc) is 3.01. The van der Waals surface area contributed by atoms with Crippen LogP contribution >= 0.6 is 23.4 Å². The van der Waals surface area contributed by atoms with Gasteiger partial charge in [0.2, 0.25) is 0 Å². The fraction of sp³-hybridized carbons (Fsp3) is 0.167. The highest BCUT2D eigenvalue weighted by molar-refractivity contribution is 7.98. The van der Waals surface area contributed by atoms with Crippen molar-refractivity contribution in [3.05, 3.63) is 70.5 Å². The molecule has 1 amide bonds. The summed E-state index contributed by atoms with van der Waals surface area (Å²) in [7, 11) is 0. The Morgan fingerprint density at radius 2 is 2.00 bits per heavy atom. The Bertz CT molecular complexity index is 892. The first-order chi connectivity index (χ1) is 12.1. The molecule has 25 heavy (non-hydrogen) atoms. The molecular weight excluding hydrogens is 356 g/mol. The number of amides is 1. The number of aromatic nitrogens is 3. The average molecular weight is 373 g/mol. The van der Waals surface area contributed by atoms with E-state index in [1.807, 2.05) is 49.6 Å². The molecule has 0 spiro atoms. The number of halogens is 1. The topological polar surface area (TPSA) is 59.8 Å². The minimum Gasteiger partial charge on any atom is -0.347 e. The smallest absolute Gasteiger partial charge is 0.274 e. The maximum Gasteiger partial charge on any atom is 0.274 e. The number of hydrogen-bond donors (Lipinski definition) is 1. The molecule has 0 fully saturated rings. The molecule has 0 aliphatic rings. The van der Waals surface area contributed by atoms with Crippen LogP contribution in [0.1, 0.15) is 21.7 Å². The van der Waals surface area contributed by atoms with Crippen molar-refractivity contribution in [3.63, 3.8) is 0 Å². The van der Waals surface area contributed by atoms with Gasteiger partial charge in [-0.3, -0.25) is 4.79 Å². The fourth-order valence-electron chi connectivity index (χ4n) is 2.40. The van der Waals surface area contributed by atoms with E-state index in [-0.39, 0.29) is 5.91 Å². The van der Waals surface area contributed by atoms with Crippen molar-refractivity contribution in [2.24, 2.45) is 0 Å². The summed E-state index contributed by atoms with van der Waals surface area (Å²) in [4.78, 5) is 13.6. The molecule has 0 aliphatic heterocycles. The van der Waals surface area contributed by atoms with E-state index >= 15 is 0 Å². The van der Waals surface area contributed by atoms with E-state index in [4.69, 9.17) is 11.6 Å². The lowest BCUT2D eigenvalue weighted by Gasteiger charge is -2.06. The number of thioether (sulfide) groups is 1. The van der Waals surface area contributed by atoms with E-state index in [2.05, 4.69) is 15.6 Å². The third-order valence-electron chi connectivity index (χ3n) is 3.77. The highest BCUT2D eigenvalue weighted by atomic mass is 35.5. The van der Waals surface area contributed by atoms with Crippen molar-refractivity contribution in [2.45, 2.75) is 18.4 Å². The number of carbonyl (C=O) groups excluding carboxylic acids is 1. The van der Waals surface area contributed by atoms with Gasteiger partial charge in [0.25, 0.3) is 5.91 Å². The van der Waals surface area contributed by atoms with E-state index in [9.17, 15) is 4.79 Å². The number of nitrogens with one attached hydrogen (secondary N) is 1. The standard InChI is InChI=1S/C18H17ClN4OS/c1-12-17(21-22-23(12)15-5-3-4-14(19)10-15)18(24)20-11-13-6-8-16(25-2)9-7-13/h3-10H,11H2,1-2H3,(H,20,24). The van der Waals surface area contributed by atoms with Gasteiger partial charge >= 0.3 is 0 Å². The Hall–Kier alpha value is -2.31. The normalized spacial score (nSPS) is 10.7. The van der Waals surface area contributed by atoms with Crippen LogP contribution < -0.4 is 5.32 Å². The predicted molar refractivity (Wildman–Crippen MR) is 100 cm³/mol. The Morgan fingerprint density at radius 1 is 1.24 bits per heavy atom. The maximum absolute atomic E-state index is 12.4. The SMILES string of the molecule is CSc1ccc(CNC(=O)c2nnn(-c3cccc(Cl)c3)c2C)cc1. The van der Waals surface area contributed by atoms with Gasteiger partial charge < -0.3 is 5.32 Å². The van der Waals surface area contributed by atoms with Gasteiger partial charge in [-0.1, -0.05) is 35.0 Å². The van der Waals surface area contributed by atoms with Gasteiger partial charge in [0.1, 0.15) is 0 Å². The second kappa shape index (κ2) is 7.72. The number of benzene rings is 2. The van der Waals surface area contributed by atoms with Gasteiger partial charge in [0.15, 0.2) is 5.69 Å². The van der Waals surface area contributed by atoms with Crippen molar-refractivity contribution < 1.29 is 4.79 Å². The lowest BCUT2D eigenvalue weighted by Crippen LogP contribution is -2.24. The third kappa shape index (κ3) is 4.03. The van der Waals surface area contributed by atoms with Gasteiger partial charge in [-0.25, -0.2) is 4.68 Å². The number of nitrogens with zero attached hydrogens (tertiary/aromatic N) is 3. The van der Waals surface area contributed by atoms with Crippen LogP contribution in [0.5, 0.6) is 0 Å². The summed E-state index contributed by atoms with van der Waals surface area (Å²) in [6, 6.07) is 15.3. The molecule has 3 aromatic rings. The third-order valence-corrected chi connectivity index (χ3v) is 4.75. The predicted octanol–water partition coefficient (Wildman–Crippen LogP) is 3.88. The first-order valence-electron chi connectivity index (χ1n) is 7.68. The molecule has 7 heteroatoms. The molecule has 1 N–H and O–H groups in total. The Morgan fingerprint density at radius 3 is 2.68 bits per heavy atom. The second-order valence-corrected chi connectivity index (χ2v) is 6.76. The summed E-state index contributed by atoms with van der Waals surface area (Å²) in [6.45, 7) is 2.25. The molecule has 0 unspecified atom stereocenters. The molecule has 1 aromatic heterocycles. The van der Waals surface area contributed by atoms with Crippen LogP contribution in [0.4, 0.5) is 0 Å². The van der Waals surface area contributed by atoms with Gasteiger partial charge in [-0.15, -0.1) is 16.9 Å². The fourth-order valence-corrected chi connectivity index (χ4v) is 2.99. The summed E-state index contributed by atoms with van der Waals surface area (Å²) < 4.78 is 1.61. The number of carbonyl (C=O) groups is 1. The number of rotatable bonds is 5. The van der Waals surface area contributed by atoms with Crippen LogP contribution in [0.2, 0.25) is 5.02 Å². The van der Waals surface area contributed by atoms with E-state index in [1.165, 1.54) is 4.90 Å². The summed E-state index contributed by atoms with van der Waals surface area (Å²) in [5, 5.41) is 11.6. The first kappa shape index (κ1) is 17.5. The lowest BCUT2D eigenvalue weighted by molar-refractivity contribution is 0.0945. The maximum atomic E-state index is 12.4. The molecule has 0 aliphatic carbocycles. The van der Waals surface area contributed by atoms with Gasteiger partial charge in [0, 0.05) is 16.5 Å². The summed E-state index contributed by atoms with van der Waals surface area (Å²) in [5.41, 5.74) is 2.77. The Labute approximate surface area is 155 Å². The molecule has 0 saturated heterocycles. The van der Waals surface area contributed by atoms with Crippen molar-refractivity contribution in [1.82, 2.24) is 20.3 Å². The van der Waals surface area contributed by atoms with Crippen molar-refractivity contribution in [3.8, 4) is 5.69 Å². The Kier molecular flexibility index (Phi) is 5.40. The van der Waals surface area contributed by atoms with E-state index in [0.29, 0.717) is 23.0 Å². The molecular formula is C18H17ClN4OS.